The van der Waals surface area contributed by atoms with E-state index in [1.165, 1.54) is 6.07 Å². The van der Waals surface area contributed by atoms with Crippen LogP contribution in [-0.4, -0.2) is 24.1 Å². The zero-order valence-electron chi connectivity index (χ0n) is 11.1. The van der Waals surface area contributed by atoms with Crippen LogP contribution in [0.4, 0.5) is 5.69 Å². The van der Waals surface area contributed by atoms with Crippen LogP contribution in [0.15, 0.2) is 18.2 Å². The van der Waals surface area contributed by atoms with E-state index in [0.29, 0.717) is 24.0 Å². The summed E-state index contributed by atoms with van der Waals surface area (Å²) in [6, 6.07) is 5.30. The van der Waals surface area contributed by atoms with Crippen LogP contribution in [0, 0.1) is 17.0 Å². The second-order valence-corrected chi connectivity index (χ2v) is 4.52. The molecule has 0 radical (unpaired) electrons. The van der Waals surface area contributed by atoms with Crippen molar-refractivity contribution < 1.29 is 9.66 Å². The third-order valence-corrected chi connectivity index (χ3v) is 2.51. The van der Waals surface area contributed by atoms with Crippen molar-refractivity contribution >= 4 is 5.69 Å². The average molecular weight is 252 g/mol. The van der Waals surface area contributed by atoms with E-state index in [-0.39, 0.29) is 10.6 Å². The van der Waals surface area contributed by atoms with E-state index in [2.05, 4.69) is 19.2 Å². The number of nitro benzene ring substituents is 1. The molecule has 0 saturated heterocycles. The molecule has 0 saturated carbocycles. The van der Waals surface area contributed by atoms with Crippen LogP contribution in [0.1, 0.15) is 25.8 Å². The molecule has 1 rings (SSSR count). The van der Waals surface area contributed by atoms with Gasteiger partial charge in [-0.25, -0.2) is 0 Å². The fraction of sp³-hybridized carbons (Fsp3) is 0.538. The van der Waals surface area contributed by atoms with E-state index in [4.69, 9.17) is 4.74 Å². The maximum absolute atomic E-state index is 10.7. The van der Waals surface area contributed by atoms with E-state index in [0.717, 1.165) is 13.0 Å². The lowest BCUT2D eigenvalue weighted by atomic mass is 10.2. The summed E-state index contributed by atoms with van der Waals surface area (Å²) >= 11 is 0. The number of ether oxygens (including phenoxy) is 1. The molecule has 0 atom stereocenters. The molecule has 18 heavy (non-hydrogen) atoms. The molecule has 0 aliphatic heterocycles. The molecule has 1 aromatic carbocycles. The van der Waals surface area contributed by atoms with Crippen molar-refractivity contribution in [2.45, 2.75) is 33.2 Å². The summed E-state index contributed by atoms with van der Waals surface area (Å²) in [5.74, 6) is 0.683. The lowest BCUT2D eigenvalue weighted by Gasteiger charge is -2.09. The highest BCUT2D eigenvalue weighted by molar-refractivity contribution is 5.44. The fourth-order valence-corrected chi connectivity index (χ4v) is 1.58. The molecule has 5 nitrogen and oxygen atoms in total. The zero-order chi connectivity index (χ0) is 13.5. The Morgan fingerprint density at radius 2 is 2.17 bits per heavy atom. The van der Waals surface area contributed by atoms with Gasteiger partial charge < -0.3 is 10.1 Å². The van der Waals surface area contributed by atoms with Gasteiger partial charge in [-0.1, -0.05) is 13.8 Å². The minimum atomic E-state index is -0.383. The van der Waals surface area contributed by atoms with Crippen molar-refractivity contribution in [1.82, 2.24) is 5.32 Å². The molecule has 1 aromatic rings. The molecule has 0 amide bonds. The van der Waals surface area contributed by atoms with Gasteiger partial charge in [-0.2, -0.15) is 0 Å². The largest absolute Gasteiger partial charge is 0.494 e. The second-order valence-electron chi connectivity index (χ2n) is 4.52. The summed E-state index contributed by atoms with van der Waals surface area (Å²) in [5, 5.41) is 14.0. The predicted octanol–water partition coefficient (Wildman–Crippen LogP) is 2.67. The highest BCUT2D eigenvalue weighted by Gasteiger charge is 2.10. The summed E-state index contributed by atoms with van der Waals surface area (Å²) in [4.78, 5) is 10.3. The molecule has 0 aliphatic carbocycles. The Hall–Kier alpha value is -1.62. The van der Waals surface area contributed by atoms with E-state index < -0.39 is 0 Å². The summed E-state index contributed by atoms with van der Waals surface area (Å²) in [6.45, 7) is 7.42. The predicted molar refractivity (Wildman–Crippen MR) is 71.1 cm³/mol. The van der Waals surface area contributed by atoms with E-state index >= 15 is 0 Å². The molecule has 1 N–H and O–H groups in total. The number of hydrogen-bond donors (Lipinski definition) is 1. The Morgan fingerprint density at radius 3 is 2.72 bits per heavy atom. The third kappa shape index (κ3) is 4.71. The first kappa shape index (κ1) is 14.4. The van der Waals surface area contributed by atoms with Gasteiger partial charge in [-0.05, 0) is 32.0 Å². The molecule has 0 heterocycles. The van der Waals surface area contributed by atoms with Gasteiger partial charge in [0, 0.05) is 17.7 Å². The Balaban J connectivity index is 2.39. The van der Waals surface area contributed by atoms with Crippen molar-refractivity contribution in [3.8, 4) is 5.75 Å². The van der Waals surface area contributed by atoms with E-state index in [1.807, 2.05) is 0 Å². The standard InChI is InChI=1S/C13H20N2O3/c1-10(2)14-7-4-8-18-12-5-6-13(15(16)17)11(3)9-12/h5-6,9-10,14H,4,7-8H2,1-3H3. The van der Waals surface area contributed by atoms with Gasteiger partial charge in [0.15, 0.2) is 0 Å². The summed E-state index contributed by atoms with van der Waals surface area (Å²) in [6.07, 6.45) is 0.911. The van der Waals surface area contributed by atoms with Gasteiger partial charge in [0.2, 0.25) is 0 Å². The van der Waals surface area contributed by atoms with Crippen LogP contribution in [-0.2, 0) is 0 Å². The minimum absolute atomic E-state index is 0.129. The normalized spacial score (nSPS) is 10.7. The van der Waals surface area contributed by atoms with Gasteiger partial charge in [0.25, 0.3) is 5.69 Å². The molecule has 0 unspecified atom stereocenters. The number of benzene rings is 1. The van der Waals surface area contributed by atoms with Crippen LogP contribution < -0.4 is 10.1 Å². The minimum Gasteiger partial charge on any atom is -0.494 e. The molecule has 5 heteroatoms. The molecular formula is C13H20N2O3. The molecule has 0 aromatic heterocycles. The van der Waals surface area contributed by atoms with Crippen LogP contribution >= 0.6 is 0 Å². The van der Waals surface area contributed by atoms with E-state index in [9.17, 15) is 10.1 Å². The number of rotatable bonds is 7. The highest BCUT2D eigenvalue weighted by atomic mass is 16.6. The Labute approximate surface area is 107 Å². The topological polar surface area (TPSA) is 64.4 Å². The smallest absolute Gasteiger partial charge is 0.272 e. The highest BCUT2D eigenvalue weighted by Crippen LogP contribution is 2.22. The van der Waals surface area contributed by atoms with E-state index in [1.54, 1.807) is 19.1 Å². The number of hydrogen-bond acceptors (Lipinski definition) is 4. The quantitative estimate of drug-likeness (QED) is 0.460. The van der Waals surface area contributed by atoms with Crippen LogP contribution in [0.3, 0.4) is 0 Å². The maximum Gasteiger partial charge on any atom is 0.272 e. The van der Waals surface area contributed by atoms with Crippen LogP contribution in [0.25, 0.3) is 0 Å². The lowest BCUT2D eigenvalue weighted by molar-refractivity contribution is -0.385. The number of nitrogens with zero attached hydrogens (tertiary/aromatic N) is 1. The van der Waals surface area contributed by atoms with Gasteiger partial charge in [0.05, 0.1) is 11.5 Å². The lowest BCUT2D eigenvalue weighted by Crippen LogP contribution is -2.24. The van der Waals surface area contributed by atoms with Crippen molar-refractivity contribution in [1.29, 1.82) is 0 Å². The molecule has 0 spiro atoms. The maximum atomic E-state index is 10.7. The fourth-order valence-electron chi connectivity index (χ4n) is 1.58. The Kier molecular flexibility index (Phi) is 5.58. The summed E-state index contributed by atoms with van der Waals surface area (Å²) in [7, 11) is 0. The molecule has 0 aliphatic rings. The van der Waals surface area contributed by atoms with Crippen molar-refractivity contribution in [2.24, 2.45) is 0 Å². The SMILES string of the molecule is Cc1cc(OCCCNC(C)C)ccc1[N+](=O)[O-]. The first-order chi connectivity index (χ1) is 8.50. The molecule has 0 fully saturated rings. The molecule has 0 bridgehead atoms. The third-order valence-electron chi connectivity index (χ3n) is 2.51. The van der Waals surface area contributed by atoms with Crippen molar-refractivity contribution in [3.05, 3.63) is 33.9 Å². The van der Waals surface area contributed by atoms with Crippen molar-refractivity contribution in [3.63, 3.8) is 0 Å². The summed E-state index contributed by atoms with van der Waals surface area (Å²) in [5.41, 5.74) is 0.752. The second kappa shape index (κ2) is 6.96. The average Bonchev–Trinajstić information content (AvgIpc) is 2.27. The van der Waals surface area contributed by atoms with Gasteiger partial charge in [-0.15, -0.1) is 0 Å². The van der Waals surface area contributed by atoms with Gasteiger partial charge in [0.1, 0.15) is 5.75 Å². The van der Waals surface area contributed by atoms with Gasteiger partial charge in [-0.3, -0.25) is 10.1 Å². The Morgan fingerprint density at radius 1 is 1.44 bits per heavy atom. The van der Waals surface area contributed by atoms with Crippen LogP contribution in [0.2, 0.25) is 0 Å². The number of nitrogens with one attached hydrogen (secondary N) is 1. The summed E-state index contributed by atoms with van der Waals surface area (Å²) < 4.78 is 5.54. The zero-order valence-corrected chi connectivity index (χ0v) is 11.1. The first-order valence-corrected chi connectivity index (χ1v) is 6.12. The molecule has 100 valence electrons. The monoisotopic (exact) mass is 252 g/mol. The first-order valence-electron chi connectivity index (χ1n) is 6.12. The van der Waals surface area contributed by atoms with Crippen molar-refractivity contribution in [2.75, 3.05) is 13.2 Å². The molecular weight excluding hydrogens is 232 g/mol. The number of nitro groups is 1. The van der Waals surface area contributed by atoms with Crippen LogP contribution in [0.5, 0.6) is 5.75 Å². The number of aryl methyl sites for hydroxylation is 1. The van der Waals surface area contributed by atoms with Gasteiger partial charge >= 0.3 is 0 Å². The Bertz CT molecular complexity index is 405.